The van der Waals surface area contributed by atoms with Crippen LogP contribution in [0.5, 0.6) is 5.75 Å². The van der Waals surface area contributed by atoms with Gasteiger partial charge in [-0.1, -0.05) is 24.8 Å². The van der Waals surface area contributed by atoms with E-state index in [1.807, 2.05) is 6.07 Å². The van der Waals surface area contributed by atoms with Crippen LogP contribution in [0.2, 0.25) is 0 Å². The molecule has 0 saturated heterocycles. The number of carbonyl (C=O) groups is 1. The summed E-state index contributed by atoms with van der Waals surface area (Å²) in [5.41, 5.74) is 1.20. The van der Waals surface area contributed by atoms with Crippen molar-refractivity contribution < 1.29 is 9.90 Å². The molecule has 0 fully saturated rings. The number of phenolic OH excluding ortho intramolecular Hbond substituents is 1. The molecule has 0 amide bonds. The molecule has 1 aromatic carbocycles. The van der Waals surface area contributed by atoms with E-state index in [0.717, 1.165) is 5.56 Å². The van der Waals surface area contributed by atoms with Crippen LogP contribution in [0.15, 0.2) is 36.4 Å². The first-order chi connectivity index (χ1) is 5.74. The van der Waals surface area contributed by atoms with E-state index in [2.05, 4.69) is 6.58 Å². The Morgan fingerprint density at radius 1 is 1.50 bits per heavy atom. The van der Waals surface area contributed by atoms with Gasteiger partial charge in [0.25, 0.3) is 0 Å². The van der Waals surface area contributed by atoms with Gasteiger partial charge >= 0.3 is 0 Å². The van der Waals surface area contributed by atoms with Crippen LogP contribution in [-0.4, -0.2) is 11.4 Å². The van der Waals surface area contributed by atoms with Crippen molar-refractivity contribution in [3.8, 4) is 5.75 Å². The maximum absolute atomic E-state index is 10.2. The minimum atomic E-state index is 0.209. The number of hydrogen-bond donors (Lipinski definition) is 1. The van der Waals surface area contributed by atoms with Crippen molar-refractivity contribution in [3.63, 3.8) is 0 Å². The van der Waals surface area contributed by atoms with Gasteiger partial charge in [0.05, 0.1) is 0 Å². The highest BCUT2D eigenvalue weighted by molar-refractivity contribution is 5.73. The topological polar surface area (TPSA) is 37.3 Å². The van der Waals surface area contributed by atoms with Crippen LogP contribution in [0.4, 0.5) is 0 Å². The quantitative estimate of drug-likeness (QED) is 0.542. The van der Waals surface area contributed by atoms with Gasteiger partial charge in [-0.05, 0) is 17.2 Å². The van der Waals surface area contributed by atoms with E-state index in [0.29, 0.717) is 18.3 Å². The average molecular weight is 162 g/mol. The molecule has 0 aromatic heterocycles. The largest absolute Gasteiger partial charge is 0.508 e. The van der Waals surface area contributed by atoms with Crippen LogP contribution in [0, 0.1) is 0 Å². The fourth-order valence-electron chi connectivity index (χ4n) is 0.947. The normalized spacial score (nSPS) is 9.33. The van der Waals surface area contributed by atoms with Gasteiger partial charge < -0.3 is 5.11 Å². The summed E-state index contributed by atoms with van der Waals surface area (Å²) in [6.07, 6.45) is 1.11. The van der Waals surface area contributed by atoms with Gasteiger partial charge in [-0.3, -0.25) is 4.79 Å². The molecule has 1 N–H and O–H groups in total. The third kappa shape index (κ3) is 1.95. The number of phenols is 1. The van der Waals surface area contributed by atoms with E-state index in [1.165, 1.54) is 0 Å². The summed E-state index contributed by atoms with van der Waals surface area (Å²) in [5.74, 6) is 0.209. The number of rotatable bonds is 3. The number of carbonyl (C=O) groups excluding carboxylic acids is 1. The number of allylic oxidation sites excluding steroid dienone is 1. The molecule has 0 aliphatic carbocycles. The lowest BCUT2D eigenvalue weighted by Crippen LogP contribution is -1.89. The highest BCUT2D eigenvalue weighted by Crippen LogP contribution is 2.17. The summed E-state index contributed by atoms with van der Waals surface area (Å²) in [5, 5.41) is 9.30. The Morgan fingerprint density at radius 2 is 2.17 bits per heavy atom. The lowest BCUT2D eigenvalue weighted by molar-refractivity contribution is -0.104. The summed E-state index contributed by atoms with van der Waals surface area (Å²) in [6, 6.07) is 6.91. The molecule has 0 heterocycles. The molecular weight excluding hydrogens is 152 g/mol. The van der Waals surface area contributed by atoms with Crippen molar-refractivity contribution in [1.29, 1.82) is 0 Å². The van der Waals surface area contributed by atoms with E-state index in [4.69, 9.17) is 0 Å². The van der Waals surface area contributed by atoms with Gasteiger partial charge in [-0.25, -0.2) is 0 Å². The molecule has 2 heteroatoms. The molecule has 0 aliphatic rings. The van der Waals surface area contributed by atoms with E-state index in [-0.39, 0.29) is 5.75 Å². The molecule has 0 aliphatic heterocycles. The molecule has 0 bridgehead atoms. The van der Waals surface area contributed by atoms with Crippen LogP contribution in [0.1, 0.15) is 5.56 Å². The Kier molecular flexibility index (Phi) is 2.64. The van der Waals surface area contributed by atoms with E-state index in [1.54, 1.807) is 18.2 Å². The zero-order valence-electron chi connectivity index (χ0n) is 6.66. The van der Waals surface area contributed by atoms with Gasteiger partial charge in [0.2, 0.25) is 0 Å². The molecule has 1 rings (SSSR count). The van der Waals surface area contributed by atoms with Crippen LogP contribution in [0.3, 0.4) is 0 Å². The average Bonchev–Trinajstić information content (AvgIpc) is 2.09. The van der Waals surface area contributed by atoms with Crippen molar-refractivity contribution in [2.75, 3.05) is 0 Å². The first kappa shape index (κ1) is 8.53. The second-order valence-electron chi connectivity index (χ2n) is 2.58. The highest BCUT2D eigenvalue weighted by Gasteiger charge is 2.00. The second kappa shape index (κ2) is 3.72. The van der Waals surface area contributed by atoms with Crippen molar-refractivity contribution in [2.24, 2.45) is 0 Å². The third-order valence-corrected chi connectivity index (χ3v) is 1.58. The molecule has 0 spiro atoms. The van der Waals surface area contributed by atoms with Crippen molar-refractivity contribution in [2.45, 2.75) is 6.42 Å². The third-order valence-electron chi connectivity index (χ3n) is 1.58. The Bertz CT molecular complexity index is 302. The monoisotopic (exact) mass is 162 g/mol. The first-order valence-corrected chi connectivity index (χ1v) is 3.64. The minimum absolute atomic E-state index is 0.209. The van der Waals surface area contributed by atoms with Crippen molar-refractivity contribution >= 4 is 6.29 Å². The molecule has 0 saturated carbocycles. The zero-order valence-corrected chi connectivity index (χ0v) is 6.66. The summed E-state index contributed by atoms with van der Waals surface area (Å²) >= 11 is 0. The minimum Gasteiger partial charge on any atom is -0.508 e. The lowest BCUT2D eigenvalue weighted by atomic mass is 10.1. The summed E-state index contributed by atoms with van der Waals surface area (Å²) in [4.78, 5) is 10.2. The smallest absolute Gasteiger partial charge is 0.145 e. The summed E-state index contributed by atoms with van der Waals surface area (Å²) in [7, 11) is 0. The number of aromatic hydroxyl groups is 1. The fourth-order valence-corrected chi connectivity index (χ4v) is 0.947. The Hall–Kier alpha value is -1.57. The summed E-state index contributed by atoms with van der Waals surface area (Å²) < 4.78 is 0. The summed E-state index contributed by atoms with van der Waals surface area (Å²) in [6.45, 7) is 3.53. The highest BCUT2D eigenvalue weighted by atomic mass is 16.3. The zero-order chi connectivity index (χ0) is 8.97. The maximum atomic E-state index is 10.2. The fraction of sp³-hybridized carbons (Fsp3) is 0.100. The molecule has 1 aromatic rings. The molecule has 2 nitrogen and oxygen atoms in total. The van der Waals surface area contributed by atoms with Crippen LogP contribution >= 0.6 is 0 Å². The standard InChI is InChI=1S/C10H10O2/c1-8(7-11)6-9-4-2-3-5-10(9)12/h2-5,7,12H,1,6H2. The molecule has 0 atom stereocenters. The number of aldehydes is 1. The van der Waals surface area contributed by atoms with Crippen molar-refractivity contribution in [3.05, 3.63) is 42.0 Å². The van der Waals surface area contributed by atoms with Crippen LogP contribution < -0.4 is 0 Å². The van der Waals surface area contributed by atoms with Crippen LogP contribution in [-0.2, 0) is 11.2 Å². The molecule has 0 radical (unpaired) electrons. The number of benzene rings is 1. The Labute approximate surface area is 71.2 Å². The Morgan fingerprint density at radius 3 is 2.75 bits per heavy atom. The lowest BCUT2D eigenvalue weighted by Gasteiger charge is -2.01. The molecule has 62 valence electrons. The van der Waals surface area contributed by atoms with Gasteiger partial charge in [-0.15, -0.1) is 0 Å². The predicted octanol–water partition coefficient (Wildman–Crippen LogP) is 1.69. The molecule has 0 unspecified atom stereocenters. The Balaban J connectivity index is 2.82. The molecular formula is C10H10O2. The van der Waals surface area contributed by atoms with Crippen LogP contribution in [0.25, 0.3) is 0 Å². The van der Waals surface area contributed by atoms with E-state index < -0.39 is 0 Å². The van der Waals surface area contributed by atoms with E-state index in [9.17, 15) is 9.90 Å². The van der Waals surface area contributed by atoms with Gasteiger partial charge in [-0.2, -0.15) is 0 Å². The molecule has 12 heavy (non-hydrogen) atoms. The van der Waals surface area contributed by atoms with Gasteiger partial charge in [0, 0.05) is 6.42 Å². The first-order valence-electron chi connectivity index (χ1n) is 3.64. The van der Waals surface area contributed by atoms with Crippen molar-refractivity contribution in [1.82, 2.24) is 0 Å². The van der Waals surface area contributed by atoms with E-state index >= 15 is 0 Å². The predicted molar refractivity (Wildman–Crippen MR) is 47.0 cm³/mol. The number of hydrogen-bond acceptors (Lipinski definition) is 2. The SMILES string of the molecule is C=C(C=O)Cc1ccccc1O. The van der Waals surface area contributed by atoms with Gasteiger partial charge in [0.15, 0.2) is 0 Å². The number of para-hydroxylation sites is 1. The maximum Gasteiger partial charge on any atom is 0.145 e. The second-order valence-corrected chi connectivity index (χ2v) is 2.58. The van der Waals surface area contributed by atoms with Gasteiger partial charge in [0.1, 0.15) is 12.0 Å².